The third kappa shape index (κ3) is 4.41. The van der Waals surface area contributed by atoms with E-state index in [0.29, 0.717) is 34.5 Å². The Kier molecular flexibility index (Phi) is 5.63. The summed E-state index contributed by atoms with van der Waals surface area (Å²) >= 11 is 6.10. The first-order valence-electron chi connectivity index (χ1n) is 9.61. The van der Waals surface area contributed by atoms with Gasteiger partial charge in [-0.25, -0.2) is 9.97 Å². The van der Waals surface area contributed by atoms with Crippen LogP contribution >= 0.6 is 11.6 Å². The zero-order valence-corrected chi connectivity index (χ0v) is 17.4. The number of rotatable bonds is 6. The second-order valence-electron chi connectivity index (χ2n) is 7.38. The molecule has 0 aliphatic carbocycles. The molecule has 0 unspecified atom stereocenters. The molecular formula is C22H21ClN6O. The molecule has 30 heavy (non-hydrogen) atoms. The highest BCUT2D eigenvalue weighted by atomic mass is 35.5. The summed E-state index contributed by atoms with van der Waals surface area (Å²) in [6, 6.07) is 15.0. The van der Waals surface area contributed by atoms with Gasteiger partial charge in [0.05, 0.1) is 5.39 Å². The van der Waals surface area contributed by atoms with Crippen LogP contribution in [0.15, 0.2) is 54.9 Å². The van der Waals surface area contributed by atoms with Crippen LogP contribution in [0.25, 0.3) is 22.3 Å². The minimum Gasteiger partial charge on any atom is -0.339 e. The molecule has 0 bridgehead atoms. The lowest BCUT2D eigenvalue weighted by Crippen LogP contribution is -2.13. The van der Waals surface area contributed by atoms with Gasteiger partial charge in [-0.1, -0.05) is 43.6 Å². The minimum atomic E-state index is -0.0133. The quantitative estimate of drug-likeness (QED) is 0.388. The molecule has 0 fully saturated rings. The van der Waals surface area contributed by atoms with E-state index >= 15 is 0 Å². The zero-order chi connectivity index (χ0) is 21.1. The number of benzene rings is 2. The lowest BCUT2D eigenvalue weighted by Gasteiger charge is -2.10. The maximum absolute atomic E-state index is 12.1. The average molecular weight is 421 g/mol. The molecule has 0 aliphatic heterocycles. The van der Waals surface area contributed by atoms with E-state index in [1.165, 1.54) is 6.33 Å². The smallest absolute Gasteiger partial charge is 0.224 e. The van der Waals surface area contributed by atoms with Gasteiger partial charge in [-0.3, -0.25) is 9.89 Å². The van der Waals surface area contributed by atoms with Crippen LogP contribution < -0.4 is 10.6 Å². The highest BCUT2D eigenvalue weighted by Gasteiger charge is 2.16. The first-order valence-corrected chi connectivity index (χ1v) is 9.99. The minimum absolute atomic E-state index is 0.0133. The van der Waals surface area contributed by atoms with E-state index in [9.17, 15) is 4.79 Å². The van der Waals surface area contributed by atoms with Crippen molar-refractivity contribution in [2.24, 2.45) is 5.92 Å². The number of carbonyl (C=O) groups is 1. The molecule has 4 rings (SSSR count). The Bertz CT molecular complexity index is 1200. The number of amides is 1. The molecule has 7 nitrogen and oxygen atoms in total. The molecule has 8 heteroatoms. The summed E-state index contributed by atoms with van der Waals surface area (Å²) in [7, 11) is 0. The number of nitrogens with one attached hydrogen (secondary N) is 3. The number of nitrogens with zero attached hydrogens (tertiary/aromatic N) is 3. The maximum Gasteiger partial charge on any atom is 0.224 e. The monoisotopic (exact) mass is 420 g/mol. The normalized spacial score (nSPS) is 11.1. The molecule has 2 aromatic heterocycles. The van der Waals surface area contributed by atoms with Crippen molar-refractivity contribution in [1.82, 2.24) is 20.2 Å². The lowest BCUT2D eigenvalue weighted by molar-refractivity contribution is -0.116. The van der Waals surface area contributed by atoms with Gasteiger partial charge in [-0.2, -0.15) is 5.10 Å². The van der Waals surface area contributed by atoms with Crippen molar-refractivity contribution in [1.29, 1.82) is 0 Å². The van der Waals surface area contributed by atoms with Gasteiger partial charge < -0.3 is 10.6 Å². The van der Waals surface area contributed by atoms with Gasteiger partial charge in [0.2, 0.25) is 5.91 Å². The maximum atomic E-state index is 12.1. The Morgan fingerprint density at radius 1 is 1.10 bits per heavy atom. The number of carbonyl (C=O) groups excluding carboxylic acids is 1. The molecule has 1 amide bonds. The van der Waals surface area contributed by atoms with E-state index in [-0.39, 0.29) is 5.91 Å². The van der Waals surface area contributed by atoms with Crippen LogP contribution in [0.5, 0.6) is 0 Å². The Balaban J connectivity index is 1.70. The van der Waals surface area contributed by atoms with Gasteiger partial charge in [0, 0.05) is 28.4 Å². The van der Waals surface area contributed by atoms with Gasteiger partial charge >= 0.3 is 0 Å². The molecule has 3 N–H and O–H groups in total. The molecule has 0 saturated carbocycles. The number of halogens is 1. The largest absolute Gasteiger partial charge is 0.339 e. The van der Waals surface area contributed by atoms with Gasteiger partial charge in [0.25, 0.3) is 0 Å². The van der Waals surface area contributed by atoms with Crippen LogP contribution in [-0.4, -0.2) is 26.1 Å². The summed E-state index contributed by atoms with van der Waals surface area (Å²) in [5, 5.41) is 15.0. The zero-order valence-electron chi connectivity index (χ0n) is 16.6. The summed E-state index contributed by atoms with van der Waals surface area (Å²) in [5.41, 5.74) is 3.67. The Morgan fingerprint density at radius 3 is 2.70 bits per heavy atom. The van der Waals surface area contributed by atoms with Crippen molar-refractivity contribution < 1.29 is 4.79 Å². The number of aromatic nitrogens is 4. The molecule has 0 aliphatic rings. The third-order valence-corrected chi connectivity index (χ3v) is 4.69. The fourth-order valence-electron chi connectivity index (χ4n) is 3.19. The van der Waals surface area contributed by atoms with Crippen LogP contribution in [0.2, 0.25) is 5.02 Å². The number of H-pyrrole nitrogens is 1. The van der Waals surface area contributed by atoms with Gasteiger partial charge in [-0.15, -0.1) is 0 Å². The topological polar surface area (TPSA) is 95.6 Å². The second-order valence-corrected chi connectivity index (χ2v) is 7.82. The molecule has 2 heterocycles. The molecule has 0 spiro atoms. The van der Waals surface area contributed by atoms with E-state index < -0.39 is 0 Å². The van der Waals surface area contributed by atoms with E-state index in [1.807, 2.05) is 62.4 Å². The van der Waals surface area contributed by atoms with Gasteiger partial charge in [0.15, 0.2) is 5.65 Å². The summed E-state index contributed by atoms with van der Waals surface area (Å²) in [6.45, 7) is 4.03. The van der Waals surface area contributed by atoms with Gasteiger partial charge in [0.1, 0.15) is 17.8 Å². The fraction of sp³-hybridized carbons (Fsp3) is 0.182. The molecule has 0 atom stereocenters. The Morgan fingerprint density at radius 2 is 1.90 bits per heavy atom. The van der Waals surface area contributed by atoms with Gasteiger partial charge in [-0.05, 0) is 36.2 Å². The van der Waals surface area contributed by atoms with E-state index in [4.69, 9.17) is 11.6 Å². The van der Waals surface area contributed by atoms with Crippen LogP contribution in [-0.2, 0) is 4.79 Å². The molecular weight excluding hydrogens is 400 g/mol. The number of aromatic amines is 1. The number of hydrogen-bond donors (Lipinski definition) is 3. The third-order valence-electron chi connectivity index (χ3n) is 4.46. The summed E-state index contributed by atoms with van der Waals surface area (Å²) in [4.78, 5) is 20.8. The predicted octanol–water partition coefficient (Wildman–Crippen LogP) is 5.40. The number of anilines is 3. The Labute approximate surface area is 178 Å². The first-order chi connectivity index (χ1) is 14.5. The van der Waals surface area contributed by atoms with Crippen molar-refractivity contribution in [2.45, 2.75) is 20.3 Å². The summed E-state index contributed by atoms with van der Waals surface area (Å²) in [5.74, 6) is 0.890. The standard InChI is InChI=1S/C22H21ClN6O/c1-13(2)9-18(30)26-16-7-3-5-14(10-16)20-19-21(24-12-25-22(19)29-28-20)27-17-8-4-6-15(23)11-17/h3-8,10-13H,9H2,1-2H3,(H,26,30)(H2,24,25,27,28,29). The van der Waals surface area contributed by atoms with E-state index in [1.54, 1.807) is 0 Å². The predicted molar refractivity (Wildman–Crippen MR) is 120 cm³/mol. The lowest BCUT2D eigenvalue weighted by atomic mass is 10.1. The van der Waals surface area contributed by atoms with Crippen molar-refractivity contribution in [3.05, 3.63) is 59.9 Å². The van der Waals surface area contributed by atoms with Crippen LogP contribution in [0, 0.1) is 5.92 Å². The second kappa shape index (κ2) is 8.51. The molecule has 2 aromatic carbocycles. The highest BCUT2D eigenvalue weighted by Crippen LogP contribution is 2.32. The van der Waals surface area contributed by atoms with Crippen LogP contribution in [0.4, 0.5) is 17.2 Å². The van der Waals surface area contributed by atoms with Crippen molar-refractivity contribution >= 4 is 45.7 Å². The highest BCUT2D eigenvalue weighted by molar-refractivity contribution is 6.30. The van der Waals surface area contributed by atoms with Crippen molar-refractivity contribution in [3.63, 3.8) is 0 Å². The van der Waals surface area contributed by atoms with Crippen LogP contribution in [0.1, 0.15) is 20.3 Å². The first kappa shape index (κ1) is 19.8. The van der Waals surface area contributed by atoms with Crippen molar-refractivity contribution in [3.8, 4) is 11.3 Å². The molecule has 0 radical (unpaired) electrons. The number of hydrogen-bond acceptors (Lipinski definition) is 5. The fourth-order valence-corrected chi connectivity index (χ4v) is 3.38. The SMILES string of the molecule is CC(C)CC(=O)Nc1cccc(-c2n[nH]c3ncnc(Nc4cccc(Cl)c4)c23)c1. The van der Waals surface area contributed by atoms with E-state index in [2.05, 4.69) is 30.8 Å². The molecule has 152 valence electrons. The molecule has 4 aromatic rings. The average Bonchev–Trinajstić information content (AvgIpc) is 3.13. The van der Waals surface area contributed by atoms with Crippen LogP contribution in [0.3, 0.4) is 0 Å². The Hall–Kier alpha value is -3.45. The van der Waals surface area contributed by atoms with Crippen molar-refractivity contribution in [2.75, 3.05) is 10.6 Å². The van der Waals surface area contributed by atoms with E-state index in [0.717, 1.165) is 22.3 Å². The number of fused-ring (bicyclic) bond motifs is 1. The summed E-state index contributed by atoms with van der Waals surface area (Å²) in [6.07, 6.45) is 1.94. The summed E-state index contributed by atoms with van der Waals surface area (Å²) < 4.78 is 0. The molecule has 0 saturated heterocycles.